The first-order valence-corrected chi connectivity index (χ1v) is 5.81. The van der Waals surface area contributed by atoms with E-state index in [0.29, 0.717) is 16.9 Å². The molecule has 0 saturated heterocycles. The smallest absolute Gasteiger partial charge is 0.870 e. The Morgan fingerprint density at radius 3 is 2.64 bits per heavy atom. The molecule has 0 unspecified atom stereocenters. The van der Waals surface area contributed by atoms with Crippen LogP contribution in [0.4, 0.5) is 0 Å². The second kappa shape index (κ2) is 9.63. The molecule has 0 bridgehead atoms. The minimum atomic E-state index is -0.210. The van der Waals surface area contributed by atoms with Crippen molar-refractivity contribution < 1.29 is 40.5 Å². The van der Waals surface area contributed by atoms with Gasteiger partial charge in [-0.1, -0.05) is 6.07 Å². The van der Waals surface area contributed by atoms with Crippen molar-refractivity contribution >= 4 is 12.1 Å². The predicted molar refractivity (Wildman–Crippen MR) is 79.2 cm³/mol. The van der Waals surface area contributed by atoms with Gasteiger partial charge in [0.05, 0.1) is 18.2 Å². The van der Waals surface area contributed by atoms with Crippen molar-refractivity contribution in [1.82, 2.24) is 4.98 Å². The van der Waals surface area contributed by atoms with E-state index in [0.717, 1.165) is 0 Å². The van der Waals surface area contributed by atoms with Crippen LogP contribution in [-0.2, 0) is 20.4 Å². The van der Waals surface area contributed by atoms with Gasteiger partial charge in [-0.3, -0.25) is 9.78 Å². The van der Waals surface area contributed by atoms with E-state index < -0.39 is 0 Å². The number of pyridine rings is 1. The summed E-state index contributed by atoms with van der Waals surface area (Å²) in [7, 11) is 1.50. The van der Waals surface area contributed by atoms with E-state index in [1.165, 1.54) is 13.3 Å². The molecule has 2 rings (SSSR count). The van der Waals surface area contributed by atoms with Crippen molar-refractivity contribution in [2.24, 2.45) is 5.10 Å². The van der Waals surface area contributed by atoms with Crippen LogP contribution in [0.5, 0.6) is 11.5 Å². The maximum Gasteiger partial charge on any atom is 2.00 e. The summed E-state index contributed by atoms with van der Waals surface area (Å²) in [5, 5.41) is 11.6. The third kappa shape index (κ3) is 4.93. The zero-order valence-corrected chi connectivity index (χ0v) is 13.1. The Hall–Kier alpha value is -2.27. The molecule has 1 aromatic heterocycles. The Balaban J connectivity index is 0.00000220. The molecule has 0 aliphatic rings. The van der Waals surface area contributed by atoms with Crippen molar-refractivity contribution in [3.8, 4) is 11.5 Å². The third-order valence-electron chi connectivity index (χ3n) is 2.57. The van der Waals surface area contributed by atoms with Crippen LogP contribution < -0.4 is 4.74 Å². The van der Waals surface area contributed by atoms with Gasteiger partial charge in [0.25, 0.3) is 5.91 Å². The van der Waals surface area contributed by atoms with Crippen molar-refractivity contribution in [3.05, 3.63) is 59.3 Å². The molecule has 8 heteroatoms. The number of para-hydroxylation sites is 1. The van der Waals surface area contributed by atoms with E-state index in [4.69, 9.17) is 9.84 Å². The number of nitrogens with zero attached hydrogens (tertiary/aromatic N) is 3. The molecule has 0 fully saturated rings. The minimum Gasteiger partial charge on any atom is -0.870 e. The van der Waals surface area contributed by atoms with Crippen LogP contribution in [-0.4, -0.2) is 39.6 Å². The summed E-state index contributed by atoms with van der Waals surface area (Å²) < 4.78 is 5.04. The molecule has 22 heavy (non-hydrogen) atoms. The van der Waals surface area contributed by atoms with Gasteiger partial charge in [-0.05, 0) is 24.3 Å². The monoisotopic (exact) mass is 395 g/mol. The molecule has 2 aromatic rings. The fourth-order valence-electron chi connectivity index (χ4n) is 1.53. The summed E-state index contributed by atoms with van der Waals surface area (Å²) in [5.74, 6) is 0.465. The van der Waals surface area contributed by atoms with E-state index in [2.05, 4.69) is 15.5 Å². The van der Waals surface area contributed by atoms with Crippen LogP contribution in [0.25, 0.3) is 5.43 Å². The number of carbonyl (C=O) groups excluding carboxylic acids is 1. The van der Waals surface area contributed by atoms with Crippen LogP contribution >= 0.6 is 0 Å². The molecule has 118 valence electrons. The van der Waals surface area contributed by atoms with Crippen molar-refractivity contribution in [2.75, 3.05) is 7.11 Å². The Bertz CT molecular complexity index is 635. The topological polar surface area (TPSA) is 123 Å². The zero-order valence-electron chi connectivity index (χ0n) is 11.6. The van der Waals surface area contributed by atoms with Gasteiger partial charge in [-0.2, -0.15) is 0 Å². The summed E-state index contributed by atoms with van der Waals surface area (Å²) in [5.41, 5.74) is 4.75. The number of hydrogen-bond acceptors (Lipinski definition) is 4. The number of benzene rings is 1. The molecule has 0 aliphatic heterocycles. The van der Waals surface area contributed by atoms with Gasteiger partial charge in [0.1, 0.15) is 0 Å². The number of amides is 1. The summed E-state index contributed by atoms with van der Waals surface area (Å²) in [4.78, 5) is 13.5. The normalized spacial score (nSPS) is 9.50. The second-order valence-corrected chi connectivity index (χ2v) is 3.83. The van der Waals surface area contributed by atoms with Crippen LogP contribution in [0.2, 0.25) is 0 Å². The Morgan fingerprint density at radius 2 is 2.00 bits per heavy atom. The molecule has 0 saturated carbocycles. The van der Waals surface area contributed by atoms with E-state index in [1.54, 1.807) is 42.7 Å². The molecule has 0 spiro atoms. The molecule has 7 nitrogen and oxygen atoms in total. The number of aromatic nitrogens is 1. The SMILES string of the molecule is COc1cccc(C=N[N-]C(=[OH+])c2ccncc2)c1[OH2+].[OH-].[Pd+2]. The Labute approximate surface area is 141 Å². The van der Waals surface area contributed by atoms with Gasteiger partial charge >= 0.3 is 26.2 Å². The van der Waals surface area contributed by atoms with E-state index in [-0.39, 0.29) is 37.6 Å². The molecule has 1 amide bonds. The fraction of sp³-hybridized carbons (Fsp3) is 0.0714. The van der Waals surface area contributed by atoms with E-state index in [9.17, 15) is 4.79 Å². The molecule has 1 aromatic carbocycles. The first-order valence-electron chi connectivity index (χ1n) is 5.81. The summed E-state index contributed by atoms with van der Waals surface area (Å²) in [6.07, 6.45) is 4.49. The third-order valence-corrected chi connectivity index (χ3v) is 2.57. The van der Waals surface area contributed by atoms with Crippen molar-refractivity contribution in [3.63, 3.8) is 0 Å². The largest absolute Gasteiger partial charge is 2.00 e. The average Bonchev–Trinajstić information content (AvgIpc) is 2.49. The van der Waals surface area contributed by atoms with Crippen molar-refractivity contribution in [2.45, 2.75) is 0 Å². The second-order valence-electron chi connectivity index (χ2n) is 3.83. The van der Waals surface area contributed by atoms with Crippen LogP contribution in [0.3, 0.4) is 0 Å². The Morgan fingerprint density at radius 1 is 1.32 bits per heavy atom. The number of ether oxygens (including phenoxy) is 1. The summed E-state index contributed by atoms with van der Waals surface area (Å²) in [6.45, 7) is 0. The molecular formula is C14H15N3O4Pd+2. The molecule has 1 heterocycles. The fourth-order valence-corrected chi connectivity index (χ4v) is 1.53. The van der Waals surface area contributed by atoms with Gasteiger partial charge in [0.2, 0.25) is 5.75 Å². The summed E-state index contributed by atoms with van der Waals surface area (Å²) >= 11 is 0. The van der Waals surface area contributed by atoms with Gasteiger partial charge in [-0.15, -0.1) is 0 Å². The maximum atomic E-state index is 9.71. The average molecular weight is 396 g/mol. The maximum absolute atomic E-state index is 9.71. The van der Waals surface area contributed by atoms with Gasteiger partial charge in [0.15, 0.2) is 0 Å². The standard InChI is InChI=1S/C14H13N3O3.H2O.Pd/c1-20-12-4-2-3-11(13(12)18)9-16-17-14(19)10-5-7-15-8-6-10;;/h2-9H,1H3,(H2,15,16,17,18,19);1H2;/q;;+2. The van der Waals surface area contributed by atoms with Crippen LogP contribution in [0.1, 0.15) is 11.1 Å². The first kappa shape index (κ1) is 19.7. The van der Waals surface area contributed by atoms with Gasteiger partial charge in [0, 0.05) is 18.6 Å². The van der Waals surface area contributed by atoms with E-state index in [1.807, 2.05) is 0 Å². The molecular weight excluding hydrogens is 381 g/mol. The molecule has 0 aliphatic carbocycles. The van der Waals surface area contributed by atoms with Crippen LogP contribution in [0.15, 0.2) is 47.8 Å². The quantitative estimate of drug-likeness (QED) is 0.338. The summed E-state index contributed by atoms with van der Waals surface area (Å²) in [6, 6.07) is 8.40. The Kier molecular flexibility index (Phi) is 8.64. The van der Waals surface area contributed by atoms with Crippen LogP contribution in [0, 0.1) is 0 Å². The van der Waals surface area contributed by atoms with Gasteiger partial charge < -0.3 is 25.8 Å². The van der Waals surface area contributed by atoms with E-state index >= 15 is 0 Å². The van der Waals surface area contributed by atoms with Gasteiger partial charge in [-0.25, -0.2) is 0 Å². The zero-order chi connectivity index (χ0) is 14.4. The minimum absolute atomic E-state index is 0. The number of hydrogen-bond donors (Lipinski definition) is 0. The number of methoxy groups -OCH3 is 1. The molecule has 0 radical (unpaired) electrons. The molecule has 0 atom stereocenters. The first-order chi connectivity index (χ1) is 9.72. The van der Waals surface area contributed by atoms with Crippen molar-refractivity contribution in [1.29, 1.82) is 0 Å². The molecule has 4 N–H and O–H groups in total. The predicted octanol–water partition coefficient (Wildman–Crippen LogP) is 1.61. The number of rotatable bonds is 4.